The number of benzene rings is 2. The highest BCUT2D eigenvalue weighted by atomic mass is 16.3. The van der Waals surface area contributed by atoms with Crippen molar-refractivity contribution in [2.45, 2.75) is 0 Å². The van der Waals surface area contributed by atoms with E-state index >= 15 is 0 Å². The first-order valence-electron chi connectivity index (χ1n) is 9.38. The van der Waals surface area contributed by atoms with Gasteiger partial charge in [0.1, 0.15) is 5.69 Å². The Morgan fingerprint density at radius 2 is 1.47 bits per heavy atom. The summed E-state index contributed by atoms with van der Waals surface area (Å²) in [4.78, 5) is 24.8. The summed E-state index contributed by atoms with van der Waals surface area (Å²) in [6, 6.07) is 19.6. The van der Waals surface area contributed by atoms with Gasteiger partial charge in [0.05, 0.1) is 35.5 Å². The predicted molar refractivity (Wildman–Crippen MR) is 115 cm³/mol. The van der Waals surface area contributed by atoms with Crippen LogP contribution in [0.4, 0.5) is 22.7 Å². The molecule has 2 aromatic heterocycles. The van der Waals surface area contributed by atoms with Crippen LogP contribution in [0.25, 0.3) is 0 Å². The third-order valence-corrected chi connectivity index (χ3v) is 4.26. The SMILES string of the molecule is N#Cc1ccc(N=Nc2ccc(NC(=O)c3ccco3)cc2NC(=O)c2ccco2)cc1. The number of hydrogen-bond donors (Lipinski definition) is 2. The van der Waals surface area contributed by atoms with E-state index in [0.29, 0.717) is 28.3 Å². The van der Waals surface area contributed by atoms with Crippen molar-refractivity contribution in [1.82, 2.24) is 0 Å². The van der Waals surface area contributed by atoms with E-state index in [1.54, 1.807) is 54.6 Å². The fourth-order valence-corrected chi connectivity index (χ4v) is 2.71. The number of carbonyl (C=O) groups excluding carboxylic acids is 2. The standard InChI is InChI=1S/C23H15N5O4/c24-14-15-5-7-16(8-6-15)27-28-18-10-9-17(25-22(29)20-3-1-11-31-20)13-19(18)26-23(30)21-4-2-12-32-21/h1-13H,(H,25,29)(H,26,30). The molecule has 0 aliphatic heterocycles. The molecule has 0 aliphatic rings. The monoisotopic (exact) mass is 425 g/mol. The van der Waals surface area contributed by atoms with Gasteiger partial charge in [0.15, 0.2) is 11.5 Å². The maximum Gasteiger partial charge on any atom is 0.291 e. The molecule has 4 rings (SSSR count). The maximum atomic E-state index is 12.5. The molecule has 9 nitrogen and oxygen atoms in total. The number of nitrogens with zero attached hydrogens (tertiary/aromatic N) is 3. The molecule has 0 unspecified atom stereocenters. The number of amides is 2. The normalized spacial score (nSPS) is 10.6. The van der Waals surface area contributed by atoms with Gasteiger partial charge in [-0.3, -0.25) is 9.59 Å². The maximum absolute atomic E-state index is 12.5. The molecule has 2 amide bonds. The highest BCUT2D eigenvalue weighted by Gasteiger charge is 2.14. The van der Waals surface area contributed by atoms with Gasteiger partial charge >= 0.3 is 0 Å². The van der Waals surface area contributed by atoms with Gasteiger partial charge in [-0.25, -0.2) is 0 Å². The van der Waals surface area contributed by atoms with Crippen LogP contribution in [0.5, 0.6) is 0 Å². The second kappa shape index (κ2) is 9.23. The highest BCUT2D eigenvalue weighted by molar-refractivity contribution is 6.06. The van der Waals surface area contributed by atoms with Gasteiger partial charge in [0, 0.05) is 5.69 Å². The van der Waals surface area contributed by atoms with E-state index in [1.165, 1.54) is 24.7 Å². The quantitative estimate of drug-likeness (QED) is 0.384. The highest BCUT2D eigenvalue weighted by Crippen LogP contribution is 2.31. The summed E-state index contributed by atoms with van der Waals surface area (Å²) in [5, 5.41) is 22.7. The molecule has 0 saturated heterocycles. The van der Waals surface area contributed by atoms with E-state index in [1.807, 2.05) is 6.07 Å². The Kier molecular flexibility index (Phi) is 5.86. The van der Waals surface area contributed by atoms with Crippen LogP contribution in [0, 0.1) is 11.3 Å². The van der Waals surface area contributed by atoms with Crippen molar-refractivity contribution in [3.05, 3.63) is 96.3 Å². The van der Waals surface area contributed by atoms with Crippen LogP contribution in [-0.4, -0.2) is 11.8 Å². The predicted octanol–water partition coefficient (Wildman–Crippen LogP) is 5.66. The summed E-state index contributed by atoms with van der Waals surface area (Å²) in [6.45, 7) is 0. The number of nitriles is 1. The minimum atomic E-state index is -0.487. The summed E-state index contributed by atoms with van der Waals surface area (Å²) in [5.74, 6) is -0.662. The largest absolute Gasteiger partial charge is 0.459 e. The lowest BCUT2D eigenvalue weighted by Crippen LogP contribution is -2.13. The van der Waals surface area contributed by atoms with Crippen LogP contribution < -0.4 is 10.6 Å². The molecule has 0 aliphatic carbocycles. The van der Waals surface area contributed by atoms with Gasteiger partial charge in [0.25, 0.3) is 11.8 Å². The van der Waals surface area contributed by atoms with Crippen LogP contribution in [0.1, 0.15) is 26.7 Å². The molecule has 2 heterocycles. The first kappa shape index (κ1) is 20.3. The number of azo groups is 1. The topological polar surface area (TPSA) is 133 Å². The van der Waals surface area contributed by atoms with Crippen LogP contribution in [0.3, 0.4) is 0 Å². The lowest BCUT2D eigenvalue weighted by atomic mass is 10.2. The van der Waals surface area contributed by atoms with E-state index in [2.05, 4.69) is 20.9 Å². The summed E-state index contributed by atoms with van der Waals surface area (Å²) < 4.78 is 10.2. The smallest absolute Gasteiger partial charge is 0.291 e. The first-order chi connectivity index (χ1) is 15.6. The number of anilines is 2. The van der Waals surface area contributed by atoms with Crippen molar-refractivity contribution in [3.8, 4) is 6.07 Å². The average Bonchev–Trinajstić information content (AvgIpc) is 3.53. The molecule has 4 aromatic rings. The lowest BCUT2D eigenvalue weighted by molar-refractivity contribution is 0.0990. The zero-order chi connectivity index (χ0) is 22.3. The van der Waals surface area contributed by atoms with E-state index < -0.39 is 11.8 Å². The third-order valence-electron chi connectivity index (χ3n) is 4.26. The first-order valence-corrected chi connectivity index (χ1v) is 9.38. The number of carbonyl (C=O) groups is 2. The molecule has 9 heteroatoms. The molecule has 2 N–H and O–H groups in total. The third kappa shape index (κ3) is 4.77. The lowest BCUT2D eigenvalue weighted by Gasteiger charge is -2.10. The molecule has 0 bridgehead atoms. The zero-order valence-corrected chi connectivity index (χ0v) is 16.5. The van der Waals surface area contributed by atoms with Crippen LogP contribution >= 0.6 is 0 Å². The van der Waals surface area contributed by atoms with Gasteiger partial charge in [-0.1, -0.05) is 0 Å². The summed E-state index contributed by atoms with van der Waals surface area (Å²) >= 11 is 0. The van der Waals surface area contributed by atoms with Gasteiger partial charge < -0.3 is 19.5 Å². The minimum absolute atomic E-state index is 0.116. The Hall–Kier alpha value is -4.97. The van der Waals surface area contributed by atoms with E-state index in [4.69, 9.17) is 14.1 Å². The van der Waals surface area contributed by atoms with Gasteiger partial charge in [0.2, 0.25) is 0 Å². The molecule has 32 heavy (non-hydrogen) atoms. The van der Waals surface area contributed by atoms with Crippen molar-refractivity contribution in [2.75, 3.05) is 10.6 Å². The van der Waals surface area contributed by atoms with Crippen molar-refractivity contribution in [1.29, 1.82) is 5.26 Å². The van der Waals surface area contributed by atoms with Crippen molar-refractivity contribution in [2.24, 2.45) is 10.2 Å². The average molecular weight is 425 g/mol. The summed E-state index contributed by atoms with van der Waals surface area (Å²) in [7, 11) is 0. The zero-order valence-electron chi connectivity index (χ0n) is 16.5. The Balaban J connectivity index is 1.61. The molecule has 0 radical (unpaired) electrons. The van der Waals surface area contributed by atoms with E-state index in [0.717, 1.165) is 0 Å². The fraction of sp³-hybridized carbons (Fsp3) is 0. The molecule has 0 saturated carbocycles. The molecule has 0 fully saturated rings. The van der Waals surface area contributed by atoms with Gasteiger partial charge in [-0.05, 0) is 66.7 Å². The number of furan rings is 2. The van der Waals surface area contributed by atoms with Gasteiger partial charge in [-0.2, -0.15) is 10.4 Å². The molecule has 0 atom stereocenters. The van der Waals surface area contributed by atoms with Crippen molar-refractivity contribution in [3.63, 3.8) is 0 Å². The molecule has 2 aromatic carbocycles. The Morgan fingerprint density at radius 3 is 2.06 bits per heavy atom. The minimum Gasteiger partial charge on any atom is -0.459 e. The molecular formula is C23H15N5O4. The Labute approximate surface area is 182 Å². The van der Waals surface area contributed by atoms with Crippen molar-refractivity contribution < 1.29 is 18.4 Å². The molecular weight excluding hydrogens is 410 g/mol. The van der Waals surface area contributed by atoms with E-state index in [9.17, 15) is 9.59 Å². The fourth-order valence-electron chi connectivity index (χ4n) is 2.71. The van der Waals surface area contributed by atoms with E-state index in [-0.39, 0.29) is 11.5 Å². The van der Waals surface area contributed by atoms with Crippen LogP contribution in [0.15, 0.2) is 98.3 Å². The summed E-state index contributed by atoms with van der Waals surface area (Å²) in [6.07, 6.45) is 2.79. The van der Waals surface area contributed by atoms with Crippen LogP contribution in [0.2, 0.25) is 0 Å². The molecule has 0 spiro atoms. The second-order valence-electron chi connectivity index (χ2n) is 6.45. The molecule has 156 valence electrons. The Bertz CT molecular complexity index is 1300. The second-order valence-corrected chi connectivity index (χ2v) is 6.45. The summed E-state index contributed by atoms with van der Waals surface area (Å²) in [5.41, 5.74) is 2.11. The number of hydrogen-bond acceptors (Lipinski definition) is 7. The Morgan fingerprint density at radius 1 is 0.812 bits per heavy atom. The van der Waals surface area contributed by atoms with Crippen LogP contribution in [-0.2, 0) is 0 Å². The van der Waals surface area contributed by atoms with Gasteiger partial charge in [-0.15, -0.1) is 5.11 Å². The number of nitrogens with one attached hydrogen (secondary N) is 2. The number of rotatable bonds is 6. The van der Waals surface area contributed by atoms with Crippen molar-refractivity contribution >= 4 is 34.6 Å².